The summed E-state index contributed by atoms with van der Waals surface area (Å²) in [5.74, 6) is -0.927. The molecule has 2 amide bonds. The Bertz CT molecular complexity index is 1710. The number of nitrogens with two attached hydrogens (primary N) is 2. The normalized spacial score (nSPS) is 10.8. The third-order valence-corrected chi connectivity index (χ3v) is 7.16. The molecule has 0 saturated heterocycles. The number of aromatic nitrogens is 2. The van der Waals surface area contributed by atoms with E-state index in [1.807, 2.05) is 44.2 Å². The molecule has 5 rings (SSSR count). The van der Waals surface area contributed by atoms with E-state index >= 15 is 0 Å². The van der Waals surface area contributed by atoms with Gasteiger partial charge >= 0.3 is 0 Å². The first-order valence-corrected chi connectivity index (χ1v) is 13.3. The average molecular weight is 618 g/mol. The van der Waals surface area contributed by atoms with Crippen LogP contribution in [0, 0.1) is 19.3 Å². The molecule has 0 spiro atoms. The maximum absolute atomic E-state index is 14.1. The number of rotatable bonds is 8. The Morgan fingerprint density at radius 2 is 1.23 bits per heavy atom. The van der Waals surface area contributed by atoms with Gasteiger partial charge in [-0.3, -0.25) is 19.6 Å². The van der Waals surface area contributed by atoms with Crippen LogP contribution in [0.1, 0.15) is 23.4 Å². The molecule has 3 aromatic carbocycles. The van der Waals surface area contributed by atoms with Gasteiger partial charge in [0.25, 0.3) is 0 Å². The number of nitrogens with zero attached hydrogens (tertiary/aromatic N) is 2. The number of nitrogen functional groups attached to an aromatic ring is 2. The number of hydrogen-bond acceptors (Lipinski definition) is 6. The summed E-state index contributed by atoms with van der Waals surface area (Å²) < 4.78 is 0. The van der Waals surface area contributed by atoms with Crippen molar-refractivity contribution in [1.82, 2.24) is 9.97 Å². The number of halogens is 2. The lowest BCUT2D eigenvalue weighted by molar-refractivity contribution is -0.137. The van der Waals surface area contributed by atoms with Crippen LogP contribution in [0.2, 0.25) is 0 Å². The maximum Gasteiger partial charge on any atom is 0.240 e. The zero-order valence-electron chi connectivity index (χ0n) is 23.9. The van der Waals surface area contributed by atoms with Crippen LogP contribution in [0.15, 0.2) is 91.5 Å². The highest BCUT2D eigenvalue weighted by Gasteiger charge is 2.45. The summed E-state index contributed by atoms with van der Waals surface area (Å²) in [6, 6.07) is 23.7. The lowest BCUT2D eigenvalue weighted by Gasteiger charge is -2.31. The molecule has 0 unspecified atom stereocenters. The number of carbonyl (C=O) groups is 2. The highest BCUT2D eigenvalue weighted by atomic mass is 35.5. The first kappa shape index (κ1) is 32.8. The van der Waals surface area contributed by atoms with Crippen molar-refractivity contribution in [2.45, 2.75) is 26.7 Å². The van der Waals surface area contributed by atoms with Crippen LogP contribution >= 0.6 is 24.8 Å². The van der Waals surface area contributed by atoms with E-state index < -0.39 is 17.2 Å². The predicted molar refractivity (Wildman–Crippen MR) is 181 cm³/mol. The Morgan fingerprint density at radius 3 is 1.67 bits per heavy atom. The first-order chi connectivity index (χ1) is 19.7. The minimum atomic E-state index is -1.51. The van der Waals surface area contributed by atoms with Crippen molar-refractivity contribution < 1.29 is 9.59 Å². The van der Waals surface area contributed by atoms with E-state index in [1.165, 1.54) is 0 Å². The number of aryl methyl sites for hydroxylation is 2. The molecular formula is C33H34Cl2N6O2. The molecule has 2 aromatic heterocycles. The van der Waals surface area contributed by atoms with Gasteiger partial charge in [-0.15, -0.1) is 31.4 Å². The number of amides is 2. The summed E-state index contributed by atoms with van der Waals surface area (Å²) in [6.45, 7) is 7.63. The van der Waals surface area contributed by atoms with Crippen LogP contribution in [0.5, 0.6) is 0 Å². The predicted octanol–water partition coefficient (Wildman–Crippen LogP) is 6.79. The quantitative estimate of drug-likeness (QED) is 0.112. The zero-order chi connectivity index (χ0) is 29.1. The van der Waals surface area contributed by atoms with E-state index in [0.717, 1.165) is 28.0 Å². The van der Waals surface area contributed by atoms with Gasteiger partial charge in [0.15, 0.2) is 0 Å². The minimum Gasteiger partial charge on any atom is -0.398 e. The Balaban J connectivity index is 0.00000253. The van der Waals surface area contributed by atoms with Crippen molar-refractivity contribution >= 4 is 81.2 Å². The molecule has 0 aliphatic rings. The molecule has 0 atom stereocenters. The average Bonchev–Trinajstić information content (AvgIpc) is 2.94. The molecule has 222 valence electrons. The number of pyridine rings is 2. The zero-order valence-corrected chi connectivity index (χ0v) is 25.5. The smallest absolute Gasteiger partial charge is 0.240 e. The molecule has 2 heterocycles. The van der Waals surface area contributed by atoms with Gasteiger partial charge < -0.3 is 22.1 Å². The summed E-state index contributed by atoms with van der Waals surface area (Å²) >= 11 is 0. The SMILES string of the molecule is C=CCC(Cc1ccccc1)(C(=O)Nc1ccc2nc(C)cc(N)c2c1)C(=O)Nc1ccc2nc(C)cc(N)c2c1.Cl.Cl. The third-order valence-electron chi connectivity index (χ3n) is 7.16. The number of benzene rings is 3. The minimum absolute atomic E-state index is 0. The molecule has 10 heteroatoms. The number of carbonyl (C=O) groups excluding carboxylic acids is 2. The first-order valence-electron chi connectivity index (χ1n) is 13.3. The number of fused-ring (bicyclic) bond motifs is 2. The van der Waals surface area contributed by atoms with E-state index in [4.69, 9.17) is 11.5 Å². The van der Waals surface area contributed by atoms with Gasteiger partial charge in [0.1, 0.15) is 5.41 Å². The summed E-state index contributed by atoms with van der Waals surface area (Å²) in [5.41, 5.74) is 17.0. The number of hydrogen-bond donors (Lipinski definition) is 4. The summed E-state index contributed by atoms with van der Waals surface area (Å²) in [5, 5.41) is 7.38. The molecule has 6 N–H and O–H groups in total. The molecule has 0 fully saturated rings. The van der Waals surface area contributed by atoms with Gasteiger partial charge in [-0.2, -0.15) is 0 Å². The van der Waals surface area contributed by atoms with Crippen molar-refractivity contribution in [3.63, 3.8) is 0 Å². The molecule has 43 heavy (non-hydrogen) atoms. The molecule has 0 aliphatic heterocycles. The summed E-state index contributed by atoms with van der Waals surface area (Å²) in [6.07, 6.45) is 1.86. The van der Waals surface area contributed by atoms with Crippen LogP contribution in [0.3, 0.4) is 0 Å². The fraction of sp³-hybridized carbons (Fsp3) is 0.152. The van der Waals surface area contributed by atoms with Crippen molar-refractivity contribution in [2.24, 2.45) is 5.41 Å². The van der Waals surface area contributed by atoms with Gasteiger partial charge in [-0.25, -0.2) is 0 Å². The Kier molecular flexibility index (Phi) is 10.3. The van der Waals surface area contributed by atoms with E-state index in [2.05, 4.69) is 27.2 Å². The van der Waals surface area contributed by atoms with Crippen molar-refractivity contribution in [2.75, 3.05) is 22.1 Å². The second-order valence-corrected chi connectivity index (χ2v) is 10.3. The van der Waals surface area contributed by atoms with Gasteiger partial charge in [0, 0.05) is 44.9 Å². The molecule has 0 radical (unpaired) electrons. The second-order valence-electron chi connectivity index (χ2n) is 10.3. The fourth-order valence-corrected chi connectivity index (χ4v) is 5.15. The Morgan fingerprint density at radius 1 is 0.767 bits per heavy atom. The standard InChI is InChI=1S/C33H32N6O2.2ClH/c1-4-14-33(19-22-8-6-5-7-9-22,31(40)38-23-10-12-29-25(17-23)27(34)15-20(2)36-29)32(41)39-24-11-13-30-26(18-24)28(35)16-21(3)37-30;;/h4-13,15-18H,1,14,19H2,2-3H3,(H2,34,36)(H2,35,37)(H,38,40)(H,39,41);2*1H. The van der Waals surface area contributed by atoms with Crippen molar-refractivity contribution in [1.29, 1.82) is 0 Å². The third kappa shape index (κ3) is 6.88. The van der Waals surface area contributed by atoms with E-state index in [1.54, 1.807) is 54.6 Å². The largest absolute Gasteiger partial charge is 0.398 e. The van der Waals surface area contributed by atoms with Gasteiger partial charge in [0.05, 0.1) is 11.0 Å². The number of nitrogens with one attached hydrogen (secondary N) is 2. The molecule has 5 aromatic rings. The van der Waals surface area contributed by atoms with E-state index in [9.17, 15) is 9.59 Å². The van der Waals surface area contributed by atoms with Crippen LogP contribution in [-0.4, -0.2) is 21.8 Å². The topological polar surface area (TPSA) is 136 Å². The van der Waals surface area contributed by atoms with Crippen molar-refractivity contribution in [3.05, 3.63) is 108 Å². The molecular weight excluding hydrogens is 583 g/mol. The van der Waals surface area contributed by atoms with Crippen molar-refractivity contribution in [3.8, 4) is 0 Å². The monoisotopic (exact) mass is 616 g/mol. The van der Waals surface area contributed by atoms with E-state index in [0.29, 0.717) is 33.5 Å². The molecule has 0 aliphatic carbocycles. The summed E-state index contributed by atoms with van der Waals surface area (Å²) in [7, 11) is 0. The Hall–Kier alpha value is -4.66. The molecule has 8 nitrogen and oxygen atoms in total. The van der Waals surface area contributed by atoms with Crippen LogP contribution in [0.25, 0.3) is 21.8 Å². The lowest BCUT2D eigenvalue weighted by atomic mass is 9.76. The van der Waals surface area contributed by atoms with Gasteiger partial charge in [0.2, 0.25) is 11.8 Å². The number of allylic oxidation sites excluding steroid dienone is 1. The molecule has 0 bridgehead atoms. The van der Waals surface area contributed by atoms with E-state index in [-0.39, 0.29) is 37.7 Å². The fourth-order valence-electron chi connectivity index (χ4n) is 5.15. The number of anilines is 4. The summed E-state index contributed by atoms with van der Waals surface area (Å²) in [4.78, 5) is 37.3. The van der Waals surface area contributed by atoms with Crippen LogP contribution in [0.4, 0.5) is 22.7 Å². The Labute approximate surface area is 262 Å². The second kappa shape index (κ2) is 13.5. The maximum atomic E-state index is 14.1. The lowest BCUT2D eigenvalue weighted by Crippen LogP contribution is -2.47. The highest BCUT2D eigenvalue weighted by Crippen LogP contribution is 2.34. The molecule has 0 saturated carbocycles. The van der Waals surface area contributed by atoms with Gasteiger partial charge in [-0.1, -0.05) is 36.4 Å². The van der Waals surface area contributed by atoms with Gasteiger partial charge in [-0.05, 0) is 80.8 Å². The van der Waals surface area contributed by atoms with Crippen LogP contribution < -0.4 is 22.1 Å². The van der Waals surface area contributed by atoms with Crippen LogP contribution in [-0.2, 0) is 16.0 Å². The highest BCUT2D eigenvalue weighted by molar-refractivity contribution is 6.15.